The van der Waals surface area contributed by atoms with Gasteiger partial charge in [-0.05, 0) is 30.4 Å². The lowest BCUT2D eigenvalue weighted by atomic mass is 10.1. The summed E-state index contributed by atoms with van der Waals surface area (Å²) >= 11 is 1.48. The molecule has 0 spiro atoms. The van der Waals surface area contributed by atoms with Crippen LogP contribution in [0.4, 0.5) is 0 Å². The number of likely N-dealkylation sites (tertiary alicyclic amines) is 1. The first-order valence-corrected chi connectivity index (χ1v) is 6.69. The number of fused-ring (bicyclic) bond motifs is 1. The van der Waals surface area contributed by atoms with Gasteiger partial charge in [0, 0.05) is 13.0 Å². The van der Waals surface area contributed by atoms with Crippen molar-refractivity contribution < 1.29 is 9.59 Å². The first-order chi connectivity index (χ1) is 8.16. The normalized spacial score (nSPS) is 27.1. The van der Waals surface area contributed by atoms with Gasteiger partial charge in [0.1, 0.15) is 0 Å². The smallest absolute Gasteiger partial charge is 0.264 e. The molecular formula is C12H14N2O2S. The second kappa shape index (κ2) is 3.84. The van der Waals surface area contributed by atoms with Gasteiger partial charge in [-0.1, -0.05) is 0 Å². The molecule has 2 unspecified atom stereocenters. The molecule has 0 saturated carbocycles. The highest BCUT2D eigenvalue weighted by molar-refractivity contribution is 7.12. The predicted octanol–water partition coefficient (Wildman–Crippen LogP) is 1.16. The molecule has 1 aromatic rings. The average Bonchev–Trinajstić information content (AvgIpc) is 2.92. The molecule has 0 bridgehead atoms. The summed E-state index contributed by atoms with van der Waals surface area (Å²) in [6.45, 7) is 2.71. The molecule has 1 aromatic heterocycles. The summed E-state index contributed by atoms with van der Waals surface area (Å²) in [7, 11) is 0. The minimum absolute atomic E-state index is 0.0662. The van der Waals surface area contributed by atoms with Crippen LogP contribution >= 0.6 is 11.3 Å². The Morgan fingerprint density at radius 1 is 1.59 bits per heavy atom. The third kappa shape index (κ3) is 1.65. The molecule has 4 nitrogen and oxygen atoms in total. The van der Waals surface area contributed by atoms with E-state index in [-0.39, 0.29) is 23.9 Å². The molecule has 5 heteroatoms. The molecule has 3 heterocycles. The van der Waals surface area contributed by atoms with Crippen LogP contribution in [0.3, 0.4) is 0 Å². The van der Waals surface area contributed by atoms with Crippen molar-refractivity contribution in [2.24, 2.45) is 0 Å². The molecular weight excluding hydrogens is 236 g/mol. The summed E-state index contributed by atoms with van der Waals surface area (Å²) in [6, 6.07) is 2.20. The van der Waals surface area contributed by atoms with Gasteiger partial charge in [0.05, 0.1) is 17.0 Å². The van der Waals surface area contributed by atoms with E-state index in [1.165, 1.54) is 11.3 Å². The van der Waals surface area contributed by atoms with E-state index in [4.69, 9.17) is 0 Å². The molecule has 2 saturated heterocycles. The molecule has 90 valence electrons. The Balaban J connectivity index is 1.84. The molecule has 2 aliphatic heterocycles. The van der Waals surface area contributed by atoms with Crippen molar-refractivity contribution in [2.75, 3.05) is 6.54 Å². The number of rotatable bonds is 1. The van der Waals surface area contributed by atoms with E-state index in [9.17, 15) is 9.59 Å². The minimum atomic E-state index is 0.0662. The maximum Gasteiger partial charge on any atom is 0.264 e. The molecule has 17 heavy (non-hydrogen) atoms. The van der Waals surface area contributed by atoms with Gasteiger partial charge in [0.2, 0.25) is 5.91 Å². The van der Waals surface area contributed by atoms with Gasteiger partial charge in [-0.3, -0.25) is 9.59 Å². The fourth-order valence-electron chi connectivity index (χ4n) is 2.70. The zero-order valence-electron chi connectivity index (χ0n) is 9.60. The van der Waals surface area contributed by atoms with Gasteiger partial charge in [0.15, 0.2) is 0 Å². The second-order valence-electron chi connectivity index (χ2n) is 4.67. The number of aryl methyl sites for hydroxylation is 1. The summed E-state index contributed by atoms with van der Waals surface area (Å²) in [4.78, 5) is 26.4. The molecule has 1 N–H and O–H groups in total. The number of carbonyl (C=O) groups excluding carboxylic acids is 2. The SMILES string of the molecule is Cc1ccsc1C(=O)N1CCC2NC(=O)CC21. The van der Waals surface area contributed by atoms with Crippen LogP contribution in [0.15, 0.2) is 11.4 Å². The maximum absolute atomic E-state index is 12.4. The first kappa shape index (κ1) is 10.8. The quantitative estimate of drug-likeness (QED) is 0.813. The van der Waals surface area contributed by atoms with Crippen LogP contribution in [0.5, 0.6) is 0 Å². The summed E-state index contributed by atoms with van der Waals surface area (Å²) < 4.78 is 0. The third-order valence-corrected chi connectivity index (χ3v) is 4.61. The number of hydrogen-bond donors (Lipinski definition) is 1. The molecule has 0 aliphatic carbocycles. The lowest BCUT2D eigenvalue weighted by Gasteiger charge is -2.22. The minimum Gasteiger partial charge on any atom is -0.351 e. The van der Waals surface area contributed by atoms with Crippen LogP contribution in [0, 0.1) is 6.92 Å². The topological polar surface area (TPSA) is 49.4 Å². The molecule has 2 amide bonds. The van der Waals surface area contributed by atoms with E-state index < -0.39 is 0 Å². The van der Waals surface area contributed by atoms with Crippen LogP contribution < -0.4 is 5.32 Å². The van der Waals surface area contributed by atoms with E-state index in [2.05, 4.69) is 5.32 Å². The summed E-state index contributed by atoms with van der Waals surface area (Å²) in [5.41, 5.74) is 1.03. The van der Waals surface area contributed by atoms with Crippen LogP contribution in [-0.4, -0.2) is 35.3 Å². The zero-order valence-corrected chi connectivity index (χ0v) is 10.4. The second-order valence-corrected chi connectivity index (χ2v) is 5.58. The molecule has 3 rings (SSSR count). The molecule has 0 aromatic carbocycles. The summed E-state index contributed by atoms with van der Waals surface area (Å²) in [6.07, 6.45) is 1.34. The van der Waals surface area contributed by atoms with Crippen molar-refractivity contribution in [3.05, 3.63) is 21.9 Å². The largest absolute Gasteiger partial charge is 0.351 e. The van der Waals surface area contributed by atoms with E-state index in [0.717, 1.165) is 23.4 Å². The molecule has 2 aliphatic rings. The third-order valence-electron chi connectivity index (χ3n) is 3.60. The lowest BCUT2D eigenvalue weighted by molar-refractivity contribution is -0.119. The highest BCUT2D eigenvalue weighted by atomic mass is 32.1. The fraction of sp³-hybridized carbons (Fsp3) is 0.500. The van der Waals surface area contributed by atoms with Gasteiger partial charge >= 0.3 is 0 Å². The number of carbonyl (C=O) groups is 2. The van der Waals surface area contributed by atoms with Crippen LogP contribution in [0.1, 0.15) is 28.1 Å². The van der Waals surface area contributed by atoms with Gasteiger partial charge in [-0.2, -0.15) is 0 Å². The van der Waals surface area contributed by atoms with Crippen molar-refractivity contribution in [1.29, 1.82) is 0 Å². The Morgan fingerprint density at radius 2 is 2.41 bits per heavy atom. The highest BCUT2D eigenvalue weighted by Gasteiger charge is 2.43. The Labute approximate surface area is 104 Å². The van der Waals surface area contributed by atoms with Crippen molar-refractivity contribution >= 4 is 23.2 Å². The Kier molecular flexibility index (Phi) is 2.43. The van der Waals surface area contributed by atoms with Crippen LogP contribution in [0.25, 0.3) is 0 Å². The first-order valence-electron chi connectivity index (χ1n) is 5.81. The Hall–Kier alpha value is -1.36. The Bertz CT molecular complexity index is 483. The van der Waals surface area contributed by atoms with Crippen LogP contribution in [0.2, 0.25) is 0 Å². The van der Waals surface area contributed by atoms with Gasteiger partial charge in [-0.15, -0.1) is 11.3 Å². The summed E-state index contributed by atoms with van der Waals surface area (Å²) in [5.74, 6) is 0.155. The van der Waals surface area contributed by atoms with E-state index in [0.29, 0.717) is 6.42 Å². The van der Waals surface area contributed by atoms with Crippen molar-refractivity contribution in [2.45, 2.75) is 31.8 Å². The lowest BCUT2D eigenvalue weighted by Crippen LogP contribution is -2.38. The van der Waals surface area contributed by atoms with E-state index in [1.54, 1.807) is 0 Å². The van der Waals surface area contributed by atoms with Gasteiger partial charge < -0.3 is 10.2 Å². The average molecular weight is 250 g/mol. The zero-order chi connectivity index (χ0) is 12.0. The molecule has 2 atom stereocenters. The van der Waals surface area contributed by atoms with E-state index in [1.807, 2.05) is 23.3 Å². The van der Waals surface area contributed by atoms with Crippen LogP contribution in [-0.2, 0) is 4.79 Å². The number of thiophene rings is 1. The summed E-state index contributed by atoms with van der Waals surface area (Å²) in [5, 5.41) is 4.87. The van der Waals surface area contributed by atoms with Crippen molar-refractivity contribution in [3.63, 3.8) is 0 Å². The Morgan fingerprint density at radius 3 is 3.12 bits per heavy atom. The van der Waals surface area contributed by atoms with E-state index >= 15 is 0 Å². The van der Waals surface area contributed by atoms with Gasteiger partial charge in [0.25, 0.3) is 5.91 Å². The fourth-order valence-corrected chi connectivity index (χ4v) is 3.58. The molecule has 0 radical (unpaired) electrons. The van der Waals surface area contributed by atoms with Gasteiger partial charge in [-0.25, -0.2) is 0 Å². The molecule has 2 fully saturated rings. The maximum atomic E-state index is 12.4. The van der Waals surface area contributed by atoms with Crippen molar-refractivity contribution in [3.8, 4) is 0 Å². The number of nitrogens with zero attached hydrogens (tertiary/aromatic N) is 1. The number of amides is 2. The number of hydrogen-bond acceptors (Lipinski definition) is 3. The number of nitrogens with one attached hydrogen (secondary N) is 1. The highest BCUT2D eigenvalue weighted by Crippen LogP contribution is 2.29. The van der Waals surface area contributed by atoms with Crippen molar-refractivity contribution in [1.82, 2.24) is 10.2 Å². The monoisotopic (exact) mass is 250 g/mol. The predicted molar refractivity (Wildman–Crippen MR) is 65.0 cm³/mol. The standard InChI is InChI=1S/C12H14N2O2S/c1-7-3-5-17-11(7)12(16)14-4-2-8-9(14)6-10(15)13-8/h3,5,8-9H,2,4,6H2,1H3,(H,13,15).